The number of nitrogens with zero attached hydrogens (tertiary/aromatic N) is 4. The molecule has 0 amide bonds. The zero-order chi connectivity index (χ0) is 13.7. The van der Waals surface area contributed by atoms with Crippen LogP contribution >= 0.6 is 15.9 Å². The van der Waals surface area contributed by atoms with Gasteiger partial charge in [-0.3, -0.25) is 4.57 Å². The van der Waals surface area contributed by atoms with Crippen molar-refractivity contribution >= 4 is 33.0 Å². The molecule has 0 bridgehead atoms. The van der Waals surface area contributed by atoms with Crippen molar-refractivity contribution in [1.29, 1.82) is 0 Å². The van der Waals surface area contributed by atoms with E-state index in [1.165, 1.54) is 5.56 Å². The minimum Gasteiger partial charge on any atom is -0.369 e. The van der Waals surface area contributed by atoms with E-state index in [1.54, 1.807) is 4.68 Å². The standard InChI is InChI=1S/C13H14BrN5/c1-7-4-5-10(9(14)6-7)19-12-11(16-13(19)15)8(2)17-18(12)3/h4-6H,1-3H3,(H2,15,16). The van der Waals surface area contributed by atoms with Crippen molar-refractivity contribution in [1.82, 2.24) is 19.3 Å². The summed E-state index contributed by atoms with van der Waals surface area (Å²) in [6.07, 6.45) is 0. The van der Waals surface area contributed by atoms with Crippen LogP contribution in [-0.4, -0.2) is 19.3 Å². The Kier molecular flexibility index (Phi) is 2.63. The molecular weight excluding hydrogens is 306 g/mol. The van der Waals surface area contributed by atoms with Crippen molar-refractivity contribution in [2.24, 2.45) is 7.05 Å². The van der Waals surface area contributed by atoms with Gasteiger partial charge in [0, 0.05) is 11.5 Å². The van der Waals surface area contributed by atoms with Gasteiger partial charge in [-0.1, -0.05) is 6.07 Å². The van der Waals surface area contributed by atoms with Crippen molar-refractivity contribution in [2.45, 2.75) is 13.8 Å². The van der Waals surface area contributed by atoms with E-state index in [4.69, 9.17) is 5.73 Å². The van der Waals surface area contributed by atoms with Crippen LogP contribution in [0.5, 0.6) is 0 Å². The zero-order valence-corrected chi connectivity index (χ0v) is 12.6. The fourth-order valence-electron chi connectivity index (χ4n) is 2.32. The van der Waals surface area contributed by atoms with E-state index in [2.05, 4.69) is 45.1 Å². The lowest BCUT2D eigenvalue weighted by molar-refractivity contribution is 0.762. The molecule has 0 fully saturated rings. The second kappa shape index (κ2) is 4.09. The summed E-state index contributed by atoms with van der Waals surface area (Å²) >= 11 is 3.59. The van der Waals surface area contributed by atoms with Gasteiger partial charge < -0.3 is 5.73 Å². The summed E-state index contributed by atoms with van der Waals surface area (Å²) in [6, 6.07) is 6.14. The van der Waals surface area contributed by atoms with Crippen LogP contribution in [0, 0.1) is 13.8 Å². The third kappa shape index (κ3) is 1.74. The van der Waals surface area contributed by atoms with Crippen molar-refractivity contribution in [3.05, 3.63) is 33.9 Å². The van der Waals surface area contributed by atoms with Crippen molar-refractivity contribution in [3.8, 4) is 5.69 Å². The van der Waals surface area contributed by atoms with Gasteiger partial charge in [0.2, 0.25) is 5.95 Å². The number of fused-ring (bicyclic) bond motifs is 1. The predicted octanol–water partition coefficient (Wildman–Crippen LogP) is 2.72. The van der Waals surface area contributed by atoms with Crippen LogP contribution < -0.4 is 5.73 Å². The molecule has 6 heteroatoms. The Morgan fingerprint density at radius 1 is 1.26 bits per heavy atom. The molecule has 5 nitrogen and oxygen atoms in total. The lowest BCUT2D eigenvalue weighted by Gasteiger charge is -2.09. The van der Waals surface area contributed by atoms with E-state index in [0.29, 0.717) is 5.95 Å². The topological polar surface area (TPSA) is 61.7 Å². The molecule has 2 N–H and O–H groups in total. The highest BCUT2D eigenvalue weighted by molar-refractivity contribution is 9.10. The average molecular weight is 320 g/mol. The van der Waals surface area contributed by atoms with Crippen LogP contribution in [0.3, 0.4) is 0 Å². The van der Waals surface area contributed by atoms with Crippen molar-refractivity contribution in [3.63, 3.8) is 0 Å². The molecule has 0 radical (unpaired) electrons. The lowest BCUT2D eigenvalue weighted by Crippen LogP contribution is -2.05. The number of rotatable bonds is 1. The van der Waals surface area contributed by atoms with Gasteiger partial charge in [0.25, 0.3) is 0 Å². The Morgan fingerprint density at radius 2 is 2.00 bits per heavy atom. The molecule has 3 rings (SSSR count). The van der Waals surface area contributed by atoms with Gasteiger partial charge in [-0.25, -0.2) is 9.67 Å². The first kappa shape index (κ1) is 12.2. The molecule has 3 aromatic rings. The largest absolute Gasteiger partial charge is 0.369 e. The van der Waals surface area contributed by atoms with E-state index < -0.39 is 0 Å². The highest BCUT2D eigenvalue weighted by Gasteiger charge is 2.18. The molecule has 2 heterocycles. The average Bonchev–Trinajstić information content (AvgIpc) is 2.79. The van der Waals surface area contributed by atoms with Crippen LogP contribution in [0.4, 0.5) is 5.95 Å². The molecule has 0 aliphatic rings. The molecule has 0 aliphatic carbocycles. The molecule has 0 unspecified atom stereocenters. The third-order valence-electron chi connectivity index (χ3n) is 3.17. The van der Waals surface area contributed by atoms with Gasteiger partial charge in [0.1, 0.15) is 5.52 Å². The summed E-state index contributed by atoms with van der Waals surface area (Å²) in [4.78, 5) is 4.41. The fourth-order valence-corrected chi connectivity index (χ4v) is 2.99. The van der Waals surface area contributed by atoms with Crippen LogP contribution in [0.15, 0.2) is 22.7 Å². The van der Waals surface area contributed by atoms with Crippen LogP contribution in [0.1, 0.15) is 11.3 Å². The third-order valence-corrected chi connectivity index (χ3v) is 3.81. The quantitative estimate of drug-likeness (QED) is 0.750. The Morgan fingerprint density at radius 3 is 2.68 bits per heavy atom. The highest BCUT2D eigenvalue weighted by Crippen LogP contribution is 2.29. The number of anilines is 1. The number of aryl methyl sites for hydroxylation is 3. The van der Waals surface area contributed by atoms with E-state index >= 15 is 0 Å². The Bertz CT molecular complexity index is 784. The van der Waals surface area contributed by atoms with E-state index in [-0.39, 0.29) is 0 Å². The molecule has 0 saturated carbocycles. The zero-order valence-electron chi connectivity index (χ0n) is 11.0. The summed E-state index contributed by atoms with van der Waals surface area (Å²) in [6.45, 7) is 3.99. The number of aromatic nitrogens is 4. The number of imidazole rings is 1. The van der Waals surface area contributed by atoms with E-state index in [0.717, 1.165) is 27.0 Å². The number of hydrogen-bond donors (Lipinski definition) is 1. The molecule has 0 atom stereocenters. The Labute approximate surface area is 119 Å². The van der Waals surface area contributed by atoms with Gasteiger partial charge in [-0.2, -0.15) is 5.10 Å². The molecule has 98 valence electrons. The second-order valence-electron chi connectivity index (χ2n) is 4.64. The number of nitrogens with two attached hydrogens (primary N) is 1. The highest BCUT2D eigenvalue weighted by atomic mass is 79.9. The second-order valence-corrected chi connectivity index (χ2v) is 5.50. The normalized spacial score (nSPS) is 11.4. The minimum atomic E-state index is 0.468. The van der Waals surface area contributed by atoms with Gasteiger partial charge in [0.15, 0.2) is 5.65 Å². The van der Waals surface area contributed by atoms with Crippen LogP contribution in [0.2, 0.25) is 0 Å². The van der Waals surface area contributed by atoms with Crippen molar-refractivity contribution < 1.29 is 0 Å². The van der Waals surface area contributed by atoms with Crippen molar-refractivity contribution in [2.75, 3.05) is 5.73 Å². The maximum absolute atomic E-state index is 6.06. The molecule has 19 heavy (non-hydrogen) atoms. The van der Waals surface area contributed by atoms with E-state index in [9.17, 15) is 0 Å². The molecule has 2 aromatic heterocycles. The summed E-state index contributed by atoms with van der Waals surface area (Å²) in [5.41, 5.74) is 10.8. The van der Waals surface area contributed by atoms with Crippen LogP contribution in [0.25, 0.3) is 16.9 Å². The first-order chi connectivity index (χ1) is 8.99. The number of hydrogen-bond acceptors (Lipinski definition) is 3. The maximum Gasteiger partial charge on any atom is 0.207 e. The number of nitrogen functional groups attached to an aromatic ring is 1. The maximum atomic E-state index is 6.06. The van der Waals surface area contributed by atoms with Gasteiger partial charge in [-0.05, 0) is 47.5 Å². The Balaban J connectivity index is 2.38. The van der Waals surface area contributed by atoms with E-state index in [1.807, 2.05) is 24.6 Å². The number of halogens is 1. The van der Waals surface area contributed by atoms with Gasteiger partial charge in [-0.15, -0.1) is 0 Å². The predicted molar refractivity (Wildman–Crippen MR) is 79.4 cm³/mol. The molecule has 0 spiro atoms. The molecule has 0 saturated heterocycles. The summed E-state index contributed by atoms with van der Waals surface area (Å²) < 4.78 is 4.71. The summed E-state index contributed by atoms with van der Waals surface area (Å²) in [5.74, 6) is 0.468. The SMILES string of the molecule is Cc1ccc(-n2c(N)nc3c(C)nn(C)c32)c(Br)c1. The molecule has 1 aromatic carbocycles. The minimum absolute atomic E-state index is 0.468. The fraction of sp³-hybridized carbons (Fsp3) is 0.231. The number of benzene rings is 1. The van der Waals surface area contributed by atoms with Gasteiger partial charge in [0.05, 0.1) is 11.4 Å². The summed E-state index contributed by atoms with van der Waals surface area (Å²) in [7, 11) is 1.90. The Hall–Kier alpha value is -1.82. The lowest BCUT2D eigenvalue weighted by atomic mass is 10.2. The summed E-state index contributed by atoms with van der Waals surface area (Å²) in [5, 5.41) is 4.39. The monoisotopic (exact) mass is 319 g/mol. The molecular formula is C13H14BrN5. The molecule has 0 aliphatic heterocycles. The van der Waals surface area contributed by atoms with Crippen LogP contribution in [-0.2, 0) is 7.05 Å². The first-order valence-electron chi connectivity index (χ1n) is 5.93. The van der Waals surface area contributed by atoms with Gasteiger partial charge >= 0.3 is 0 Å². The first-order valence-corrected chi connectivity index (χ1v) is 6.72. The smallest absolute Gasteiger partial charge is 0.207 e.